The van der Waals surface area contributed by atoms with E-state index in [0.29, 0.717) is 30.8 Å². The molecular formula is C21H21N3O4. The average Bonchev–Trinajstić information content (AvgIpc) is 3.23. The Morgan fingerprint density at radius 1 is 1.07 bits per heavy atom. The summed E-state index contributed by atoms with van der Waals surface area (Å²) in [7, 11) is 0. The van der Waals surface area contributed by atoms with Crippen LogP contribution in [0.5, 0.6) is 0 Å². The van der Waals surface area contributed by atoms with Crippen LogP contribution in [0.2, 0.25) is 0 Å². The van der Waals surface area contributed by atoms with Crippen molar-refractivity contribution in [1.82, 2.24) is 15.5 Å². The van der Waals surface area contributed by atoms with Crippen molar-refractivity contribution in [3.05, 3.63) is 70.8 Å². The van der Waals surface area contributed by atoms with Gasteiger partial charge in [-0.25, -0.2) is 0 Å². The number of benzene rings is 2. The molecule has 2 atom stereocenters. The number of carbonyl (C=O) groups excluding carboxylic acids is 3. The number of imide groups is 1. The Balaban J connectivity index is 1.48. The Morgan fingerprint density at radius 3 is 2.54 bits per heavy atom. The first-order valence-electron chi connectivity index (χ1n) is 9.26. The van der Waals surface area contributed by atoms with Gasteiger partial charge in [0.1, 0.15) is 0 Å². The fourth-order valence-corrected chi connectivity index (χ4v) is 3.59. The summed E-state index contributed by atoms with van der Waals surface area (Å²) in [6, 6.07) is 13.8. The van der Waals surface area contributed by atoms with E-state index in [1.165, 1.54) is 17.0 Å². The van der Waals surface area contributed by atoms with Gasteiger partial charge in [-0.05, 0) is 23.8 Å². The van der Waals surface area contributed by atoms with E-state index in [1.54, 1.807) is 6.07 Å². The van der Waals surface area contributed by atoms with Crippen molar-refractivity contribution in [3.63, 3.8) is 0 Å². The predicted octanol–water partition coefficient (Wildman–Crippen LogP) is 0.793. The SMILES string of the molecule is O=C(NCC1CNCC1O)c1ccc2c(c1)C(=O)N(Cc1ccccc1)C2=O. The van der Waals surface area contributed by atoms with Gasteiger partial charge in [0.15, 0.2) is 0 Å². The Labute approximate surface area is 162 Å². The Bertz CT molecular complexity index is 929. The quantitative estimate of drug-likeness (QED) is 0.668. The fraction of sp³-hybridized carbons (Fsp3) is 0.286. The number of fused-ring (bicyclic) bond motifs is 1. The lowest BCUT2D eigenvalue weighted by atomic mass is 10.0. The van der Waals surface area contributed by atoms with Crippen LogP contribution in [0.4, 0.5) is 0 Å². The summed E-state index contributed by atoms with van der Waals surface area (Å²) in [4.78, 5) is 39.0. The molecule has 3 N–H and O–H groups in total. The highest BCUT2D eigenvalue weighted by atomic mass is 16.3. The van der Waals surface area contributed by atoms with Crippen LogP contribution < -0.4 is 10.6 Å². The summed E-state index contributed by atoms with van der Waals surface area (Å²) in [6.07, 6.45) is -0.480. The van der Waals surface area contributed by atoms with Crippen molar-refractivity contribution >= 4 is 17.7 Å². The second-order valence-corrected chi connectivity index (χ2v) is 7.14. The molecule has 144 valence electrons. The van der Waals surface area contributed by atoms with Crippen molar-refractivity contribution in [2.24, 2.45) is 5.92 Å². The van der Waals surface area contributed by atoms with Crippen LogP contribution in [0.15, 0.2) is 48.5 Å². The maximum atomic E-state index is 12.7. The molecule has 1 fully saturated rings. The van der Waals surface area contributed by atoms with E-state index in [1.807, 2.05) is 30.3 Å². The molecule has 0 bridgehead atoms. The van der Waals surface area contributed by atoms with E-state index >= 15 is 0 Å². The van der Waals surface area contributed by atoms with E-state index < -0.39 is 12.0 Å². The number of carbonyl (C=O) groups is 3. The molecule has 0 spiro atoms. The molecule has 3 amide bonds. The lowest BCUT2D eigenvalue weighted by Crippen LogP contribution is -2.34. The summed E-state index contributed by atoms with van der Waals surface area (Å²) >= 11 is 0. The first-order valence-corrected chi connectivity index (χ1v) is 9.26. The molecule has 2 aromatic rings. The Kier molecular flexibility index (Phi) is 4.93. The number of rotatable bonds is 5. The van der Waals surface area contributed by atoms with Crippen LogP contribution in [0.3, 0.4) is 0 Å². The Morgan fingerprint density at radius 2 is 1.82 bits per heavy atom. The number of aliphatic hydroxyl groups is 1. The normalized spacial score (nSPS) is 21.1. The highest BCUT2D eigenvalue weighted by Crippen LogP contribution is 2.25. The summed E-state index contributed by atoms with van der Waals surface area (Å²) in [6.45, 7) is 1.71. The molecule has 4 rings (SSSR count). The van der Waals surface area contributed by atoms with Crippen molar-refractivity contribution in [3.8, 4) is 0 Å². The van der Waals surface area contributed by atoms with Crippen LogP contribution in [0.1, 0.15) is 36.6 Å². The molecule has 2 aromatic carbocycles. The smallest absolute Gasteiger partial charge is 0.261 e. The highest BCUT2D eigenvalue weighted by Gasteiger charge is 2.36. The largest absolute Gasteiger partial charge is 0.391 e. The number of hydrogen-bond donors (Lipinski definition) is 3. The summed E-state index contributed by atoms with van der Waals surface area (Å²) < 4.78 is 0. The van der Waals surface area contributed by atoms with Crippen molar-refractivity contribution in [2.75, 3.05) is 19.6 Å². The van der Waals surface area contributed by atoms with Crippen molar-refractivity contribution in [1.29, 1.82) is 0 Å². The van der Waals surface area contributed by atoms with E-state index in [9.17, 15) is 19.5 Å². The maximum Gasteiger partial charge on any atom is 0.261 e. The van der Waals surface area contributed by atoms with Gasteiger partial charge in [-0.1, -0.05) is 30.3 Å². The van der Waals surface area contributed by atoms with Crippen LogP contribution in [0, 0.1) is 5.92 Å². The third-order valence-electron chi connectivity index (χ3n) is 5.25. The molecule has 7 nitrogen and oxygen atoms in total. The van der Waals surface area contributed by atoms with Gasteiger partial charge in [-0.3, -0.25) is 19.3 Å². The van der Waals surface area contributed by atoms with Gasteiger partial charge in [-0.15, -0.1) is 0 Å². The van der Waals surface area contributed by atoms with E-state index in [2.05, 4.69) is 10.6 Å². The van der Waals surface area contributed by atoms with Gasteiger partial charge in [-0.2, -0.15) is 0 Å². The highest BCUT2D eigenvalue weighted by molar-refractivity contribution is 6.22. The number of aliphatic hydroxyl groups excluding tert-OH is 1. The first kappa shape index (κ1) is 18.3. The van der Waals surface area contributed by atoms with Crippen LogP contribution in [0.25, 0.3) is 0 Å². The molecule has 1 saturated heterocycles. The number of β-amino-alcohol motifs (C(OH)–C–C–N with tert-alkyl or cyclic N) is 1. The molecule has 0 saturated carbocycles. The average molecular weight is 379 g/mol. The minimum atomic E-state index is -0.480. The maximum absolute atomic E-state index is 12.7. The van der Waals surface area contributed by atoms with Crippen LogP contribution >= 0.6 is 0 Å². The van der Waals surface area contributed by atoms with Gasteiger partial charge < -0.3 is 15.7 Å². The zero-order valence-corrected chi connectivity index (χ0v) is 15.2. The van der Waals surface area contributed by atoms with Gasteiger partial charge >= 0.3 is 0 Å². The number of hydrogen-bond acceptors (Lipinski definition) is 5. The lowest BCUT2D eigenvalue weighted by molar-refractivity contribution is 0.0642. The monoisotopic (exact) mass is 379 g/mol. The third-order valence-corrected chi connectivity index (χ3v) is 5.25. The molecule has 2 aliphatic rings. The summed E-state index contributed by atoms with van der Waals surface area (Å²) in [5.74, 6) is -1.11. The van der Waals surface area contributed by atoms with Crippen LogP contribution in [-0.2, 0) is 6.54 Å². The number of nitrogens with zero attached hydrogens (tertiary/aromatic N) is 1. The molecule has 2 unspecified atom stereocenters. The third kappa shape index (κ3) is 3.42. The lowest BCUT2D eigenvalue weighted by Gasteiger charge is -2.14. The first-order chi connectivity index (χ1) is 13.5. The molecular weight excluding hydrogens is 358 g/mol. The summed E-state index contributed by atoms with van der Waals surface area (Å²) in [5, 5.41) is 15.7. The minimum absolute atomic E-state index is 0.0389. The van der Waals surface area contributed by atoms with E-state index in [0.717, 1.165) is 5.56 Å². The van der Waals surface area contributed by atoms with Crippen molar-refractivity contribution in [2.45, 2.75) is 12.6 Å². The van der Waals surface area contributed by atoms with Gasteiger partial charge in [0.05, 0.1) is 23.8 Å². The predicted molar refractivity (Wildman–Crippen MR) is 102 cm³/mol. The molecule has 0 aliphatic carbocycles. The zero-order valence-electron chi connectivity index (χ0n) is 15.2. The standard InChI is InChI=1S/C21H21N3O4/c25-18-11-22-9-15(18)10-23-19(26)14-6-7-16-17(8-14)21(28)24(20(16)27)12-13-4-2-1-3-5-13/h1-8,15,18,22,25H,9-12H2,(H,23,26). The van der Waals surface area contributed by atoms with E-state index in [-0.39, 0.29) is 29.8 Å². The van der Waals surface area contributed by atoms with E-state index in [4.69, 9.17) is 0 Å². The second kappa shape index (κ2) is 7.53. The minimum Gasteiger partial charge on any atom is -0.391 e. The van der Waals surface area contributed by atoms with Crippen LogP contribution in [-0.4, -0.2) is 53.5 Å². The molecule has 0 radical (unpaired) electrons. The van der Waals surface area contributed by atoms with Gasteiger partial charge in [0.2, 0.25) is 0 Å². The Hall–Kier alpha value is -3.03. The zero-order chi connectivity index (χ0) is 19.7. The molecule has 28 heavy (non-hydrogen) atoms. The summed E-state index contributed by atoms with van der Waals surface area (Å²) in [5.41, 5.74) is 1.74. The topological polar surface area (TPSA) is 98.7 Å². The molecule has 2 heterocycles. The van der Waals surface area contributed by atoms with Gasteiger partial charge in [0.25, 0.3) is 17.7 Å². The number of amides is 3. The molecule has 7 heteroatoms. The number of nitrogens with one attached hydrogen (secondary N) is 2. The van der Waals surface area contributed by atoms with Crippen molar-refractivity contribution < 1.29 is 19.5 Å². The molecule has 2 aliphatic heterocycles. The fourth-order valence-electron chi connectivity index (χ4n) is 3.59. The van der Waals surface area contributed by atoms with Gasteiger partial charge in [0, 0.05) is 31.1 Å². The second-order valence-electron chi connectivity index (χ2n) is 7.14. The molecule has 0 aromatic heterocycles.